The van der Waals surface area contributed by atoms with Gasteiger partial charge in [0.15, 0.2) is 17.5 Å². The Morgan fingerprint density at radius 2 is 1.65 bits per heavy atom. The first-order valence-corrected chi connectivity index (χ1v) is 10.3. The summed E-state index contributed by atoms with van der Waals surface area (Å²) in [7, 11) is 5.10. The lowest BCUT2D eigenvalue weighted by atomic mass is 10.1. The Morgan fingerprint density at radius 3 is 2.32 bits per heavy atom. The lowest BCUT2D eigenvalue weighted by Crippen LogP contribution is -2.40. The summed E-state index contributed by atoms with van der Waals surface area (Å²) in [5.74, 6) is 2.96. The molecule has 2 aromatic carbocycles. The summed E-state index contributed by atoms with van der Waals surface area (Å²) in [6, 6.07) is 13.9. The Balaban J connectivity index is 1.52. The smallest absolute Gasteiger partial charge is 0.243 e. The third-order valence-corrected chi connectivity index (χ3v) is 4.88. The Kier molecular flexibility index (Phi) is 7.98. The van der Waals surface area contributed by atoms with Gasteiger partial charge in [0.2, 0.25) is 12.7 Å². The monoisotopic (exact) mass is 426 g/mol. The van der Waals surface area contributed by atoms with Crippen molar-refractivity contribution in [1.29, 1.82) is 0 Å². The quantitative estimate of drug-likeness (QED) is 0.470. The molecule has 3 rings (SSSR count). The maximum absolute atomic E-state index is 11.9. The van der Waals surface area contributed by atoms with E-state index >= 15 is 0 Å². The highest BCUT2D eigenvalue weighted by Gasteiger charge is 2.13. The number of ether oxygens (including phenoxy) is 3. The van der Waals surface area contributed by atoms with Crippen LogP contribution in [0.1, 0.15) is 11.1 Å². The van der Waals surface area contributed by atoms with E-state index in [1.165, 1.54) is 10.5 Å². The number of amides is 1. The Bertz CT molecular complexity index is 897. The number of carbonyl (C=O) groups is 1. The Hall–Kier alpha value is -3.42. The van der Waals surface area contributed by atoms with E-state index in [2.05, 4.69) is 15.6 Å². The number of benzene rings is 2. The van der Waals surface area contributed by atoms with Crippen LogP contribution in [-0.4, -0.2) is 64.4 Å². The van der Waals surface area contributed by atoms with Crippen LogP contribution in [0, 0.1) is 0 Å². The highest BCUT2D eigenvalue weighted by atomic mass is 16.7. The summed E-state index contributed by atoms with van der Waals surface area (Å²) in [6.45, 7) is 1.73. The molecule has 0 bridgehead atoms. The fourth-order valence-electron chi connectivity index (χ4n) is 3.00. The van der Waals surface area contributed by atoms with Crippen molar-refractivity contribution in [3.63, 3.8) is 0 Å². The molecular weight excluding hydrogens is 396 g/mol. The van der Waals surface area contributed by atoms with Gasteiger partial charge < -0.3 is 29.7 Å². The highest BCUT2D eigenvalue weighted by molar-refractivity contribution is 5.84. The second kappa shape index (κ2) is 11.1. The van der Waals surface area contributed by atoms with Gasteiger partial charge in [-0.25, -0.2) is 4.99 Å². The molecule has 1 aliphatic rings. The molecule has 8 heteroatoms. The van der Waals surface area contributed by atoms with Crippen LogP contribution in [0.15, 0.2) is 47.5 Å². The second-order valence-electron chi connectivity index (χ2n) is 7.34. The fraction of sp³-hybridized carbons (Fsp3) is 0.391. The first-order chi connectivity index (χ1) is 15.0. The lowest BCUT2D eigenvalue weighted by molar-refractivity contribution is -0.127. The van der Waals surface area contributed by atoms with Gasteiger partial charge in [0.1, 0.15) is 12.3 Å². The van der Waals surface area contributed by atoms with Gasteiger partial charge in [-0.05, 0) is 48.2 Å². The molecule has 0 unspecified atom stereocenters. The molecule has 0 atom stereocenters. The van der Waals surface area contributed by atoms with Gasteiger partial charge in [0, 0.05) is 27.2 Å². The Labute approximate surface area is 183 Å². The van der Waals surface area contributed by atoms with E-state index in [9.17, 15) is 4.79 Å². The topological polar surface area (TPSA) is 84.4 Å². The molecule has 0 aliphatic carbocycles. The number of methoxy groups -OCH3 is 1. The summed E-state index contributed by atoms with van der Waals surface area (Å²) >= 11 is 0. The zero-order chi connectivity index (χ0) is 22.1. The van der Waals surface area contributed by atoms with Crippen molar-refractivity contribution in [2.45, 2.75) is 12.8 Å². The average molecular weight is 427 g/mol. The van der Waals surface area contributed by atoms with E-state index in [-0.39, 0.29) is 19.2 Å². The van der Waals surface area contributed by atoms with Crippen LogP contribution in [-0.2, 0) is 17.6 Å². The van der Waals surface area contributed by atoms with Gasteiger partial charge in [-0.2, -0.15) is 0 Å². The number of aliphatic imine (C=N–C) groups is 1. The number of carbonyl (C=O) groups excluding carboxylic acids is 1. The number of guanidine groups is 1. The van der Waals surface area contributed by atoms with Crippen LogP contribution in [0.25, 0.3) is 0 Å². The largest absolute Gasteiger partial charge is 0.497 e. The minimum atomic E-state index is -0.0491. The molecule has 0 spiro atoms. The number of hydrogen-bond donors (Lipinski definition) is 2. The molecule has 1 amide bonds. The standard InChI is InChI=1S/C23H30N4O4/c1-27(2)22(28)15-26-23(24-12-10-17-4-7-19(29-3)8-5-17)25-13-11-18-6-9-20-21(14-18)31-16-30-20/h4-9,14H,10-13,15-16H2,1-3H3,(H2,24,25,26). The molecule has 0 fully saturated rings. The lowest BCUT2D eigenvalue weighted by Gasteiger charge is -2.14. The second-order valence-corrected chi connectivity index (χ2v) is 7.34. The normalized spacial score (nSPS) is 12.4. The van der Waals surface area contributed by atoms with E-state index in [1.807, 2.05) is 42.5 Å². The summed E-state index contributed by atoms with van der Waals surface area (Å²) in [4.78, 5) is 17.9. The molecule has 0 saturated carbocycles. The van der Waals surface area contributed by atoms with E-state index in [1.54, 1.807) is 21.2 Å². The SMILES string of the molecule is COc1ccc(CCNC(=NCC(=O)N(C)C)NCCc2ccc3c(c2)OCO3)cc1. The van der Waals surface area contributed by atoms with E-state index < -0.39 is 0 Å². The maximum atomic E-state index is 11.9. The van der Waals surface area contributed by atoms with E-state index in [0.29, 0.717) is 19.0 Å². The van der Waals surface area contributed by atoms with Gasteiger partial charge in [-0.3, -0.25) is 4.79 Å². The van der Waals surface area contributed by atoms with Gasteiger partial charge in [-0.1, -0.05) is 18.2 Å². The predicted molar refractivity (Wildman–Crippen MR) is 120 cm³/mol. The number of likely N-dealkylation sites (N-methyl/N-ethyl adjacent to an activating group) is 1. The minimum absolute atomic E-state index is 0.0491. The van der Waals surface area contributed by atoms with Crippen LogP contribution >= 0.6 is 0 Å². The fourth-order valence-corrected chi connectivity index (χ4v) is 3.00. The summed E-state index contributed by atoms with van der Waals surface area (Å²) in [5, 5.41) is 6.62. The zero-order valence-corrected chi connectivity index (χ0v) is 18.3. The van der Waals surface area contributed by atoms with Gasteiger partial charge in [0.25, 0.3) is 0 Å². The van der Waals surface area contributed by atoms with Crippen molar-refractivity contribution >= 4 is 11.9 Å². The molecule has 2 aromatic rings. The van der Waals surface area contributed by atoms with Crippen LogP contribution < -0.4 is 24.8 Å². The zero-order valence-electron chi connectivity index (χ0n) is 18.3. The van der Waals surface area contributed by atoms with Crippen molar-refractivity contribution in [1.82, 2.24) is 15.5 Å². The number of nitrogens with one attached hydrogen (secondary N) is 2. The van der Waals surface area contributed by atoms with Crippen molar-refractivity contribution in [3.05, 3.63) is 53.6 Å². The summed E-state index contributed by atoms with van der Waals surface area (Å²) < 4.78 is 16.0. The number of hydrogen-bond acceptors (Lipinski definition) is 5. The number of rotatable bonds is 9. The van der Waals surface area contributed by atoms with Crippen molar-refractivity contribution in [3.8, 4) is 17.2 Å². The molecule has 1 aliphatic heterocycles. The van der Waals surface area contributed by atoms with Crippen LogP contribution in [0.4, 0.5) is 0 Å². The molecule has 0 saturated heterocycles. The van der Waals surface area contributed by atoms with E-state index in [0.717, 1.165) is 35.7 Å². The third-order valence-electron chi connectivity index (χ3n) is 4.88. The molecule has 31 heavy (non-hydrogen) atoms. The molecule has 0 radical (unpaired) electrons. The highest BCUT2D eigenvalue weighted by Crippen LogP contribution is 2.32. The minimum Gasteiger partial charge on any atom is -0.497 e. The molecule has 2 N–H and O–H groups in total. The molecule has 1 heterocycles. The van der Waals surface area contributed by atoms with Crippen molar-refractivity contribution in [2.75, 3.05) is 47.6 Å². The molecular formula is C23H30N4O4. The van der Waals surface area contributed by atoms with Gasteiger partial charge >= 0.3 is 0 Å². The summed E-state index contributed by atoms with van der Waals surface area (Å²) in [6.07, 6.45) is 1.62. The van der Waals surface area contributed by atoms with Crippen molar-refractivity contribution < 1.29 is 19.0 Å². The predicted octanol–water partition coefficient (Wildman–Crippen LogP) is 1.83. The van der Waals surface area contributed by atoms with Gasteiger partial charge in [0.05, 0.1) is 7.11 Å². The third kappa shape index (κ3) is 6.80. The van der Waals surface area contributed by atoms with Crippen LogP contribution in [0.2, 0.25) is 0 Å². The van der Waals surface area contributed by atoms with Crippen LogP contribution in [0.3, 0.4) is 0 Å². The first kappa shape index (κ1) is 22.3. The molecule has 0 aromatic heterocycles. The number of nitrogens with zero attached hydrogens (tertiary/aromatic N) is 2. The van der Waals surface area contributed by atoms with Gasteiger partial charge in [-0.15, -0.1) is 0 Å². The first-order valence-electron chi connectivity index (χ1n) is 10.3. The average Bonchev–Trinajstić information content (AvgIpc) is 3.25. The number of fused-ring (bicyclic) bond motifs is 1. The van der Waals surface area contributed by atoms with Crippen LogP contribution in [0.5, 0.6) is 17.2 Å². The van der Waals surface area contributed by atoms with Crippen molar-refractivity contribution in [2.24, 2.45) is 4.99 Å². The molecule has 166 valence electrons. The Morgan fingerprint density at radius 1 is 1.00 bits per heavy atom. The summed E-state index contributed by atoms with van der Waals surface area (Å²) in [5.41, 5.74) is 2.33. The maximum Gasteiger partial charge on any atom is 0.243 e. The van der Waals surface area contributed by atoms with E-state index in [4.69, 9.17) is 14.2 Å². The molecule has 8 nitrogen and oxygen atoms in total.